The average molecular weight is 279 g/mol. The third-order valence-corrected chi connectivity index (χ3v) is 3.19. The van der Waals surface area contributed by atoms with E-state index >= 15 is 0 Å². The molecule has 0 spiro atoms. The minimum atomic E-state index is 0.505. The number of ether oxygens (including phenoxy) is 1. The van der Waals surface area contributed by atoms with Crippen LogP contribution in [0.4, 0.5) is 0 Å². The lowest BCUT2D eigenvalue weighted by Gasteiger charge is -2.10. The number of rotatable bonds is 5. The summed E-state index contributed by atoms with van der Waals surface area (Å²) in [5.41, 5.74) is 8.66. The van der Waals surface area contributed by atoms with Crippen LogP contribution in [-0.4, -0.2) is 22.7 Å². The smallest absolute Gasteiger partial charge is 0.121 e. The maximum atomic E-state index is 5.58. The van der Waals surface area contributed by atoms with Crippen molar-refractivity contribution in [1.82, 2.24) is 9.55 Å². The van der Waals surface area contributed by atoms with Gasteiger partial charge < -0.3 is 10.5 Å². The first-order chi connectivity index (χ1) is 10.4. The van der Waals surface area contributed by atoms with Crippen molar-refractivity contribution in [1.29, 1.82) is 0 Å². The number of nitrogens with zero attached hydrogens (tertiary/aromatic N) is 2. The van der Waals surface area contributed by atoms with E-state index in [0.29, 0.717) is 13.2 Å². The second-order valence-electron chi connectivity index (χ2n) is 4.65. The second kappa shape index (κ2) is 6.24. The van der Waals surface area contributed by atoms with Crippen LogP contribution in [0, 0.1) is 0 Å². The van der Waals surface area contributed by atoms with Gasteiger partial charge in [-0.05, 0) is 12.1 Å². The summed E-state index contributed by atoms with van der Waals surface area (Å²) >= 11 is 0. The van der Waals surface area contributed by atoms with Crippen molar-refractivity contribution in [2.45, 2.75) is 0 Å². The molecule has 0 aliphatic heterocycles. The number of nitrogens with two attached hydrogens (primary N) is 1. The van der Waals surface area contributed by atoms with Crippen molar-refractivity contribution in [3.63, 3.8) is 0 Å². The van der Waals surface area contributed by atoms with Gasteiger partial charge in [-0.15, -0.1) is 0 Å². The number of benzene rings is 2. The molecule has 2 aromatic carbocycles. The maximum Gasteiger partial charge on any atom is 0.121 e. The van der Waals surface area contributed by atoms with E-state index in [1.54, 1.807) is 0 Å². The molecule has 1 heterocycles. The Kier molecular flexibility index (Phi) is 3.98. The fraction of sp³-hybridized carbons (Fsp3) is 0.118. The molecule has 1 aromatic heterocycles. The Balaban J connectivity index is 1.97. The molecule has 0 aliphatic carbocycles. The van der Waals surface area contributed by atoms with Gasteiger partial charge in [0.05, 0.1) is 23.9 Å². The van der Waals surface area contributed by atoms with E-state index < -0.39 is 0 Å². The molecule has 0 unspecified atom stereocenters. The first-order valence-electron chi connectivity index (χ1n) is 6.89. The van der Waals surface area contributed by atoms with Crippen molar-refractivity contribution >= 4 is 0 Å². The van der Waals surface area contributed by atoms with Crippen molar-refractivity contribution in [2.75, 3.05) is 13.2 Å². The molecule has 0 fully saturated rings. The summed E-state index contributed by atoms with van der Waals surface area (Å²) in [5, 5.41) is 0. The van der Waals surface area contributed by atoms with Gasteiger partial charge in [0.15, 0.2) is 0 Å². The molecule has 0 bridgehead atoms. The van der Waals surface area contributed by atoms with Crippen molar-refractivity contribution < 1.29 is 4.74 Å². The predicted octanol–water partition coefficient (Wildman–Crippen LogP) is 2.88. The Morgan fingerprint density at radius 3 is 2.71 bits per heavy atom. The van der Waals surface area contributed by atoms with Gasteiger partial charge in [0.2, 0.25) is 0 Å². The standard InChI is InChI=1S/C17H17N3O/c18-9-10-21-16-8-4-7-15(11-16)20-13-19-12-17(20)14-5-2-1-3-6-14/h1-8,11-13H,9-10,18H2. The third kappa shape index (κ3) is 2.95. The zero-order valence-corrected chi connectivity index (χ0v) is 11.6. The highest BCUT2D eigenvalue weighted by atomic mass is 16.5. The molecule has 3 rings (SSSR count). The van der Waals surface area contributed by atoms with Gasteiger partial charge in [-0.1, -0.05) is 36.4 Å². The van der Waals surface area contributed by atoms with Crippen LogP contribution in [0.2, 0.25) is 0 Å². The zero-order chi connectivity index (χ0) is 14.5. The lowest BCUT2D eigenvalue weighted by Crippen LogP contribution is -2.10. The van der Waals surface area contributed by atoms with E-state index in [-0.39, 0.29) is 0 Å². The van der Waals surface area contributed by atoms with Gasteiger partial charge in [-0.25, -0.2) is 4.98 Å². The normalized spacial score (nSPS) is 10.5. The molecule has 0 saturated carbocycles. The molecule has 3 aromatic rings. The van der Waals surface area contributed by atoms with Crippen LogP contribution in [-0.2, 0) is 0 Å². The van der Waals surface area contributed by atoms with E-state index in [2.05, 4.69) is 17.1 Å². The highest BCUT2D eigenvalue weighted by molar-refractivity contribution is 5.61. The Morgan fingerprint density at radius 1 is 1.05 bits per heavy atom. The van der Waals surface area contributed by atoms with Crippen LogP contribution in [0.15, 0.2) is 67.1 Å². The lowest BCUT2D eigenvalue weighted by atomic mass is 10.1. The summed E-state index contributed by atoms with van der Waals surface area (Å²) in [7, 11) is 0. The molecule has 4 heteroatoms. The number of hydrogen-bond acceptors (Lipinski definition) is 3. The van der Waals surface area contributed by atoms with Crippen molar-refractivity contribution in [3.8, 4) is 22.7 Å². The van der Waals surface area contributed by atoms with Crippen molar-refractivity contribution in [2.24, 2.45) is 5.73 Å². The largest absolute Gasteiger partial charge is 0.492 e. The number of aromatic nitrogens is 2. The number of imidazole rings is 1. The van der Waals surface area contributed by atoms with E-state index in [9.17, 15) is 0 Å². The van der Waals surface area contributed by atoms with Crippen LogP contribution in [0.1, 0.15) is 0 Å². The molecule has 0 aliphatic rings. The summed E-state index contributed by atoms with van der Waals surface area (Å²) in [4.78, 5) is 4.27. The fourth-order valence-electron chi connectivity index (χ4n) is 2.22. The highest BCUT2D eigenvalue weighted by Gasteiger charge is 2.07. The van der Waals surface area contributed by atoms with Gasteiger partial charge in [0.1, 0.15) is 12.4 Å². The molecule has 0 radical (unpaired) electrons. The average Bonchev–Trinajstić information content (AvgIpc) is 3.04. The highest BCUT2D eigenvalue weighted by Crippen LogP contribution is 2.24. The third-order valence-electron chi connectivity index (χ3n) is 3.19. The minimum absolute atomic E-state index is 0.505. The summed E-state index contributed by atoms with van der Waals surface area (Å²) in [5.74, 6) is 0.811. The van der Waals surface area contributed by atoms with Gasteiger partial charge in [0.25, 0.3) is 0 Å². The summed E-state index contributed by atoms with van der Waals surface area (Å²) in [6, 6.07) is 18.1. The van der Waals surface area contributed by atoms with E-state index in [1.807, 2.05) is 59.6 Å². The Morgan fingerprint density at radius 2 is 1.90 bits per heavy atom. The minimum Gasteiger partial charge on any atom is -0.492 e. The summed E-state index contributed by atoms with van der Waals surface area (Å²) < 4.78 is 7.63. The summed E-state index contributed by atoms with van der Waals surface area (Å²) in [6.07, 6.45) is 3.67. The molecule has 2 N–H and O–H groups in total. The van der Waals surface area contributed by atoms with E-state index in [1.165, 1.54) is 0 Å². The lowest BCUT2D eigenvalue weighted by molar-refractivity contribution is 0.328. The quantitative estimate of drug-likeness (QED) is 0.781. The molecule has 106 valence electrons. The van der Waals surface area contributed by atoms with Crippen LogP contribution in [0.25, 0.3) is 16.9 Å². The van der Waals surface area contributed by atoms with Gasteiger partial charge >= 0.3 is 0 Å². The second-order valence-corrected chi connectivity index (χ2v) is 4.65. The Bertz CT molecular complexity index is 707. The Hall–Kier alpha value is -2.59. The van der Waals surface area contributed by atoms with Crippen LogP contribution < -0.4 is 10.5 Å². The van der Waals surface area contributed by atoms with E-state index in [0.717, 1.165) is 22.7 Å². The molecule has 0 atom stereocenters. The topological polar surface area (TPSA) is 53.1 Å². The first kappa shape index (κ1) is 13.4. The SMILES string of the molecule is NCCOc1cccc(-n2cncc2-c2ccccc2)c1. The van der Waals surface area contributed by atoms with Gasteiger partial charge in [0, 0.05) is 18.2 Å². The van der Waals surface area contributed by atoms with Gasteiger partial charge in [-0.2, -0.15) is 0 Å². The van der Waals surface area contributed by atoms with Crippen LogP contribution >= 0.6 is 0 Å². The molecule has 0 amide bonds. The first-order valence-corrected chi connectivity index (χ1v) is 6.89. The van der Waals surface area contributed by atoms with E-state index in [4.69, 9.17) is 10.5 Å². The number of hydrogen-bond donors (Lipinski definition) is 1. The maximum absolute atomic E-state index is 5.58. The summed E-state index contributed by atoms with van der Waals surface area (Å²) in [6.45, 7) is 1.02. The fourth-order valence-corrected chi connectivity index (χ4v) is 2.22. The molecule has 21 heavy (non-hydrogen) atoms. The molecular weight excluding hydrogens is 262 g/mol. The zero-order valence-electron chi connectivity index (χ0n) is 11.6. The molecule has 0 saturated heterocycles. The van der Waals surface area contributed by atoms with Gasteiger partial charge in [-0.3, -0.25) is 4.57 Å². The monoisotopic (exact) mass is 279 g/mol. The predicted molar refractivity (Wildman–Crippen MR) is 83.5 cm³/mol. The molecule has 4 nitrogen and oxygen atoms in total. The van der Waals surface area contributed by atoms with Crippen molar-refractivity contribution in [3.05, 3.63) is 67.1 Å². The van der Waals surface area contributed by atoms with Crippen LogP contribution in [0.5, 0.6) is 5.75 Å². The Labute approximate surface area is 123 Å². The van der Waals surface area contributed by atoms with Crippen LogP contribution in [0.3, 0.4) is 0 Å². The molecular formula is C17H17N3O.